The Hall–Kier alpha value is -3.05. The van der Waals surface area contributed by atoms with Gasteiger partial charge in [0, 0.05) is 28.2 Å². The Morgan fingerprint density at radius 1 is 1.17 bits per heavy atom. The second kappa shape index (κ2) is 11.6. The number of anilines is 1. The summed E-state index contributed by atoms with van der Waals surface area (Å²) >= 11 is 6.32. The topological polar surface area (TPSA) is 71.5 Å². The highest BCUT2D eigenvalue weighted by molar-refractivity contribution is 6.30. The van der Waals surface area contributed by atoms with Gasteiger partial charge < -0.3 is 15.2 Å². The number of hydrogen-bond acceptors (Lipinski definition) is 4. The van der Waals surface area contributed by atoms with Gasteiger partial charge in [-0.05, 0) is 129 Å². The van der Waals surface area contributed by atoms with Crippen LogP contribution in [0.3, 0.4) is 0 Å². The van der Waals surface area contributed by atoms with Crippen molar-refractivity contribution < 1.29 is 14.6 Å². The molecule has 6 heteroatoms. The van der Waals surface area contributed by atoms with Crippen molar-refractivity contribution in [2.45, 2.75) is 95.4 Å². The van der Waals surface area contributed by atoms with E-state index in [2.05, 4.69) is 48.4 Å². The molecule has 1 heterocycles. The van der Waals surface area contributed by atoms with Gasteiger partial charge in [0.15, 0.2) is 0 Å². The minimum absolute atomic E-state index is 0.0138. The molecule has 3 aliphatic rings. The number of nitrogens with one attached hydrogen (secondary N) is 1. The standard InChI is InChI=1S/C36H43ClN2O3/c1-23-18-28(37)21-29(19-23)39-36(34(40)41)14-12-35(13-15-36)27(20-26-8-4-5-9-30(26)35)17-24(2)22-42-32-11-16-38-31-10-6-7-25(3)33(31)32/h4-5,8-9,11,16,18-19,21,24-25,27,39H,6-7,10,12-15,17,20,22H2,1-3H3,(H,40,41)/t24-,25-,27+,35?,36?/m1/s1. The van der Waals surface area contributed by atoms with E-state index in [1.807, 2.05) is 37.4 Å². The van der Waals surface area contributed by atoms with Crippen LogP contribution in [0.5, 0.6) is 5.75 Å². The molecule has 0 aliphatic heterocycles. The molecule has 42 heavy (non-hydrogen) atoms. The number of pyridine rings is 1. The highest BCUT2D eigenvalue weighted by Gasteiger charge is 2.54. The number of nitrogens with zero attached hydrogens (tertiary/aromatic N) is 1. The van der Waals surface area contributed by atoms with Crippen LogP contribution in [0.15, 0.2) is 54.7 Å². The molecule has 0 bridgehead atoms. The SMILES string of the molecule is Cc1cc(Cl)cc(NC2(C(=O)O)CCC3(CC2)c2ccccc2C[C@@H]3C[C@@H](C)COc2ccnc3c2[C@H](C)CCC3)c1. The number of hydrogen-bond donors (Lipinski definition) is 2. The zero-order chi connectivity index (χ0) is 29.5. The smallest absolute Gasteiger partial charge is 0.329 e. The fraction of sp³-hybridized carbons (Fsp3) is 0.500. The molecular weight excluding hydrogens is 544 g/mol. The van der Waals surface area contributed by atoms with E-state index in [1.54, 1.807) is 0 Å². The summed E-state index contributed by atoms with van der Waals surface area (Å²) in [7, 11) is 0. The van der Waals surface area contributed by atoms with Crippen LogP contribution in [0.1, 0.15) is 92.7 Å². The van der Waals surface area contributed by atoms with Crippen molar-refractivity contribution in [2.75, 3.05) is 11.9 Å². The lowest BCUT2D eigenvalue weighted by atomic mass is 9.59. The number of aliphatic carboxylic acids is 1. The summed E-state index contributed by atoms with van der Waals surface area (Å²) in [6.07, 6.45) is 10.3. The van der Waals surface area contributed by atoms with Gasteiger partial charge in [-0.3, -0.25) is 4.98 Å². The molecule has 222 valence electrons. The number of carbonyl (C=O) groups is 1. The molecule has 0 amide bonds. The molecular formula is C36H43ClN2O3. The number of fused-ring (bicyclic) bond motifs is 3. The number of carboxylic acids is 1. The van der Waals surface area contributed by atoms with Gasteiger partial charge in [0.2, 0.25) is 0 Å². The van der Waals surface area contributed by atoms with Gasteiger partial charge in [0.25, 0.3) is 0 Å². The lowest BCUT2D eigenvalue weighted by Gasteiger charge is -2.47. The fourth-order valence-corrected chi connectivity index (χ4v) is 8.60. The predicted octanol–water partition coefficient (Wildman–Crippen LogP) is 8.51. The second-order valence-electron chi connectivity index (χ2n) is 13.4. The predicted molar refractivity (Wildman–Crippen MR) is 169 cm³/mol. The van der Waals surface area contributed by atoms with Crippen LogP contribution in [0.2, 0.25) is 5.02 Å². The van der Waals surface area contributed by atoms with Gasteiger partial charge in [-0.25, -0.2) is 4.79 Å². The van der Waals surface area contributed by atoms with Crippen molar-refractivity contribution in [1.29, 1.82) is 0 Å². The van der Waals surface area contributed by atoms with Crippen molar-refractivity contribution in [3.63, 3.8) is 0 Å². The first-order chi connectivity index (χ1) is 20.2. The number of ether oxygens (including phenoxy) is 1. The Morgan fingerprint density at radius 2 is 1.95 bits per heavy atom. The summed E-state index contributed by atoms with van der Waals surface area (Å²) in [6.45, 7) is 7.26. The first-order valence-corrected chi connectivity index (χ1v) is 16.0. The maximum atomic E-state index is 12.8. The van der Waals surface area contributed by atoms with E-state index >= 15 is 0 Å². The summed E-state index contributed by atoms with van der Waals surface area (Å²) in [4.78, 5) is 17.4. The first-order valence-electron chi connectivity index (χ1n) is 15.7. The van der Waals surface area contributed by atoms with Crippen LogP contribution in [0.4, 0.5) is 5.69 Å². The molecule has 3 aromatic rings. The largest absolute Gasteiger partial charge is 0.493 e. The van der Waals surface area contributed by atoms with Crippen molar-refractivity contribution in [3.05, 3.63) is 87.7 Å². The highest BCUT2D eigenvalue weighted by atomic mass is 35.5. The molecule has 3 atom stereocenters. The molecule has 1 spiro atoms. The first kappa shape index (κ1) is 29.0. The van der Waals surface area contributed by atoms with E-state index in [4.69, 9.17) is 16.3 Å². The van der Waals surface area contributed by atoms with Gasteiger partial charge in [-0.2, -0.15) is 0 Å². The number of rotatable bonds is 8. The van der Waals surface area contributed by atoms with Crippen LogP contribution in [-0.4, -0.2) is 28.2 Å². The van der Waals surface area contributed by atoms with Crippen molar-refractivity contribution in [1.82, 2.24) is 4.98 Å². The molecule has 0 saturated heterocycles. The monoisotopic (exact) mass is 586 g/mol. The number of aryl methyl sites for hydroxylation is 2. The quantitative estimate of drug-likeness (QED) is 0.277. The van der Waals surface area contributed by atoms with Crippen LogP contribution in [-0.2, 0) is 23.1 Å². The van der Waals surface area contributed by atoms with Gasteiger partial charge in [-0.1, -0.05) is 49.7 Å². The lowest BCUT2D eigenvalue weighted by molar-refractivity contribution is -0.144. The Labute approximate surface area is 255 Å². The van der Waals surface area contributed by atoms with E-state index < -0.39 is 11.5 Å². The molecule has 6 rings (SSSR count). The van der Waals surface area contributed by atoms with E-state index in [0.717, 1.165) is 49.1 Å². The molecule has 1 saturated carbocycles. The molecule has 1 aromatic heterocycles. The normalized spacial score (nSPS) is 27.2. The summed E-state index contributed by atoms with van der Waals surface area (Å²) in [5.41, 5.74) is 6.14. The van der Waals surface area contributed by atoms with E-state index in [9.17, 15) is 9.90 Å². The maximum Gasteiger partial charge on any atom is 0.329 e. The third-order valence-electron chi connectivity index (χ3n) is 10.4. The van der Waals surface area contributed by atoms with E-state index in [-0.39, 0.29) is 5.41 Å². The molecule has 2 aromatic carbocycles. The highest BCUT2D eigenvalue weighted by Crippen LogP contribution is 2.56. The number of halogens is 1. The Morgan fingerprint density at radius 3 is 2.71 bits per heavy atom. The molecule has 1 fully saturated rings. The van der Waals surface area contributed by atoms with Gasteiger partial charge >= 0.3 is 5.97 Å². The van der Waals surface area contributed by atoms with Gasteiger partial charge in [-0.15, -0.1) is 0 Å². The number of aromatic nitrogens is 1. The third kappa shape index (κ3) is 5.41. The number of benzene rings is 2. The van der Waals surface area contributed by atoms with Crippen LogP contribution >= 0.6 is 11.6 Å². The zero-order valence-corrected chi connectivity index (χ0v) is 25.8. The summed E-state index contributed by atoms with van der Waals surface area (Å²) in [5.74, 6) is 1.55. The molecule has 0 unspecified atom stereocenters. The van der Waals surface area contributed by atoms with E-state index in [1.165, 1.54) is 35.2 Å². The van der Waals surface area contributed by atoms with Gasteiger partial charge in [0.1, 0.15) is 11.3 Å². The van der Waals surface area contributed by atoms with Gasteiger partial charge in [0.05, 0.1) is 6.61 Å². The van der Waals surface area contributed by atoms with Crippen LogP contribution in [0, 0.1) is 18.8 Å². The van der Waals surface area contributed by atoms with Crippen molar-refractivity contribution >= 4 is 23.3 Å². The summed E-state index contributed by atoms with van der Waals surface area (Å²) in [6, 6.07) is 16.6. The Kier molecular flexibility index (Phi) is 7.99. The minimum atomic E-state index is -1.00. The third-order valence-corrected chi connectivity index (χ3v) is 10.6. The van der Waals surface area contributed by atoms with Crippen LogP contribution in [0.25, 0.3) is 0 Å². The minimum Gasteiger partial charge on any atom is -0.493 e. The average molecular weight is 587 g/mol. The van der Waals surface area contributed by atoms with Crippen LogP contribution < -0.4 is 10.1 Å². The number of carboxylic acid groups (broad SMARTS) is 1. The lowest BCUT2D eigenvalue weighted by Crippen LogP contribution is -2.53. The fourth-order valence-electron chi connectivity index (χ4n) is 8.31. The second-order valence-corrected chi connectivity index (χ2v) is 13.8. The molecule has 5 nitrogen and oxygen atoms in total. The maximum absolute atomic E-state index is 12.8. The van der Waals surface area contributed by atoms with Crippen molar-refractivity contribution in [3.8, 4) is 5.75 Å². The zero-order valence-electron chi connectivity index (χ0n) is 25.1. The Bertz CT molecular complexity index is 1440. The molecule has 3 aliphatic carbocycles. The Balaban J connectivity index is 1.20. The summed E-state index contributed by atoms with van der Waals surface area (Å²) < 4.78 is 6.51. The van der Waals surface area contributed by atoms with Crippen molar-refractivity contribution in [2.24, 2.45) is 11.8 Å². The summed E-state index contributed by atoms with van der Waals surface area (Å²) in [5, 5.41) is 14.5. The molecule has 0 radical (unpaired) electrons. The molecule has 2 N–H and O–H groups in total. The van der Waals surface area contributed by atoms with E-state index in [0.29, 0.717) is 42.2 Å². The average Bonchev–Trinajstić information content (AvgIpc) is 3.25.